The first kappa shape index (κ1) is 13.8. The van der Waals surface area contributed by atoms with Gasteiger partial charge in [-0.25, -0.2) is 4.79 Å². The third-order valence-electron chi connectivity index (χ3n) is 3.31. The van der Waals surface area contributed by atoms with Crippen molar-refractivity contribution in [3.05, 3.63) is 70.8 Å². The van der Waals surface area contributed by atoms with E-state index < -0.39 is 5.97 Å². The van der Waals surface area contributed by atoms with Crippen molar-refractivity contribution in [1.82, 2.24) is 0 Å². The number of nitriles is 1. The van der Waals surface area contributed by atoms with Crippen molar-refractivity contribution in [3.63, 3.8) is 0 Å². The van der Waals surface area contributed by atoms with Gasteiger partial charge in [-0.2, -0.15) is 5.26 Å². The second kappa shape index (κ2) is 6.03. The fourth-order valence-electron chi connectivity index (χ4n) is 2.16. The lowest BCUT2D eigenvalue weighted by atomic mass is 9.90. The van der Waals surface area contributed by atoms with Gasteiger partial charge in [-0.1, -0.05) is 48.0 Å². The molecule has 1 N–H and O–H groups in total. The molecule has 0 aliphatic carbocycles. The van der Waals surface area contributed by atoms with Gasteiger partial charge in [-0.05, 0) is 30.5 Å². The van der Waals surface area contributed by atoms with Gasteiger partial charge in [0.05, 0.1) is 17.6 Å². The van der Waals surface area contributed by atoms with E-state index in [9.17, 15) is 15.2 Å². The van der Waals surface area contributed by atoms with Crippen LogP contribution < -0.4 is 0 Å². The molecule has 3 heteroatoms. The summed E-state index contributed by atoms with van der Waals surface area (Å²) < 4.78 is 0. The predicted octanol–water partition coefficient (Wildman–Crippen LogP) is 3.54. The number of aromatic carboxylic acids is 1. The molecule has 0 aliphatic heterocycles. The smallest absolute Gasteiger partial charge is 0.335 e. The average molecular weight is 265 g/mol. The maximum absolute atomic E-state index is 11.2. The molecular weight excluding hydrogens is 250 g/mol. The molecule has 0 unspecified atom stereocenters. The summed E-state index contributed by atoms with van der Waals surface area (Å²) in [7, 11) is 0. The molecular formula is C17H15NO2. The van der Waals surface area contributed by atoms with Gasteiger partial charge < -0.3 is 5.11 Å². The quantitative estimate of drug-likeness (QED) is 0.919. The minimum absolute atomic E-state index is 0.264. The highest BCUT2D eigenvalue weighted by molar-refractivity contribution is 5.89. The lowest BCUT2D eigenvalue weighted by Crippen LogP contribution is -2.07. The fraction of sp³-hybridized carbons (Fsp3) is 0.176. The zero-order chi connectivity index (χ0) is 14.5. The first-order chi connectivity index (χ1) is 9.61. The zero-order valence-corrected chi connectivity index (χ0v) is 11.2. The second-order valence-electron chi connectivity index (χ2n) is 4.76. The molecule has 0 spiro atoms. The molecule has 3 nitrogen and oxygen atoms in total. The van der Waals surface area contributed by atoms with E-state index in [0.717, 1.165) is 11.1 Å². The Labute approximate surface area is 118 Å². The van der Waals surface area contributed by atoms with Gasteiger partial charge in [0.1, 0.15) is 0 Å². The molecule has 0 radical (unpaired) electrons. The molecule has 0 heterocycles. The maximum Gasteiger partial charge on any atom is 0.335 e. The average Bonchev–Trinajstić information content (AvgIpc) is 2.46. The second-order valence-corrected chi connectivity index (χ2v) is 4.76. The SMILES string of the molecule is Cc1ccc([C@@H](C#N)Cc2ccccc2C(=O)O)cc1. The summed E-state index contributed by atoms with van der Waals surface area (Å²) in [5.74, 6) is -1.29. The molecule has 0 aliphatic rings. The Balaban J connectivity index is 2.30. The van der Waals surface area contributed by atoms with Crippen LogP contribution in [0.4, 0.5) is 0 Å². The van der Waals surface area contributed by atoms with Crippen molar-refractivity contribution in [2.24, 2.45) is 0 Å². The molecule has 100 valence electrons. The number of hydrogen-bond acceptors (Lipinski definition) is 2. The Morgan fingerprint density at radius 1 is 1.20 bits per heavy atom. The van der Waals surface area contributed by atoms with Gasteiger partial charge in [0.2, 0.25) is 0 Å². The standard InChI is InChI=1S/C17H15NO2/c1-12-6-8-13(9-7-12)15(11-18)10-14-4-2-3-5-16(14)17(19)20/h2-9,15H,10H2,1H3,(H,19,20)/t15-/m1/s1. The molecule has 0 aromatic heterocycles. The van der Waals surface area contributed by atoms with Gasteiger partial charge >= 0.3 is 5.97 Å². The van der Waals surface area contributed by atoms with E-state index in [4.69, 9.17) is 0 Å². The molecule has 0 fully saturated rings. The van der Waals surface area contributed by atoms with Gasteiger partial charge in [-0.3, -0.25) is 0 Å². The van der Waals surface area contributed by atoms with Gasteiger partial charge in [0.15, 0.2) is 0 Å². The number of rotatable bonds is 4. The number of hydrogen-bond donors (Lipinski definition) is 1. The molecule has 2 aromatic carbocycles. The number of carboxylic acid groups (broad SMARTS) is 1. The predicted molar refractivity (Wildman–Crippen MR) is 76.6 cm³/mol. The summed E-state index contributed by atoms with van der Waals surface area (Å²) in [5, 5.41) is 18.5. The summed E-state index contributed by atoms with van der Waals surface area (Å²) in [6.45, 7) is 1.99. The Morgan fingerprint density at radius 3 is 2.45 bits per heavy atom. The van der Waals surface area contributed by atoms with Crippen LogP contribution in [0.2, 0.25) is 0 Å². The summed E-state index contributed by atoms with van der Waals surface area (Å²) in [4.78, 5) is 11.2. The molecule has 2 aromatic rings. The van der Waals surface area contributed by atoms with Crippen molar-refractivity contribution < 1.29 is 9.90 Å². The molecule has 1 atom stereocenters. The van der Waals surface area contributed by atoms with E-state index in [0.29, 0.717) is 12.0 Å². The molecule has 2 rings (SSSR count). The Hall–Kier alpha value is -2.60. The Morgan fingerprint density at radius 2 is 1.85 bits per heavy atom. The van der Waals surface area contributed by atoms with Crippen molar-refractivity contribution >= 4 is 5.97 Å². The lowest BCUT2D eigenvalue weighted by molar-refractivity contribution is 0.0695. The lowest BCUT2D eigenvalue weighted by Gasteiger charge is -2.12. The number of carbonyl (C=O) groups is 1. The van der Waals surface area contributed by atoms with Gasteiger partial charge in [0, 0.05) is 0 Å². The highest BCUT2D eigenvalue weighted by atomic mass is 16.4. The van der Waals surface area contributed by atoms with Crippen molar-refractivity contribution in [3.8, 4) is 6.07 Å². The number of carboxylic acids is 1. The van der Waals surface area contributed by atoms with Crippen LogP contribution >= 0.6 is 0 Å². The molecule has 0 bridgehead atoms. The van der Waals surface area contributed by atoms with E-state index >= 15 is 0 Å². The Bertz CT molecular complexity index is 653. The molecule has 0 amide bonds. The van der Waals surface area contributed by atoms with E-state index in [2.05, 4.69) is 6.07 Å². The first-order valence-corrected chi connectivity index (χ1v) is 6.39. The number of nitrogens with zero attached hydrogens (tertiary/aromatic N) is 1. The minimum Gasteiger partial charge on any atom is -0.478 e. The first-order valence-electron chi connectivity index (χ1n) is 6.39. The van der Waals surface area contributed by atoms with E-state index in [1.54, 1.807) is 24.3 Å². The minimum atomic E-state index is -0.957. The number of aryl methyl sites for hydroxylation is 1. The van der Waals surface area contributed by atoms with Crippen LogP contribution in [0.3, 0.4) is 0 Å². The Kier molecular flexibility index (Phi) is 4.17. The fourth-order valence-corrected chi connectivity index (χ4v) is 2.16. The maximum atomic E-state index is 11.2. The normalized spacial score (nSPS) is 11.6. The van der Waals surface area contributed by atoms with Gasteiger partial charge in [-0.15, -0.1) is 0 Å². The van der Waals surface area contributed by atoms with Crippen LogP contribution in [-0.2, 0) is 6.42 Å². The molecule has 0 saturated heterocycles. The number of benzene rings is 2. The highest BCUT2D eigenvalue weighted by Gasteiger charge is 2.16. The van der Waals surface area contributed by atoms with Crippen LogP contribution in [0.5, 0.6) is 0 Å². The van der Waals surface area contributed by atoms with Crippen LogP contribution in [0.15, 0.2) is 48.5 Å². The van der Waals surface area contributed by atoms with Crippen molar-refractivity contribution in [2.45, 2.75) is 19.3 Å². The highest BCUT2D eigenvalue weighted by Crippen LogP contribution is 2.22. The monoisotopic (exact) mass is 265 g/mol. The van der Waals surface area contributed by atoms with E-state index in [1.807, 2.05) is 31.2 Å². The largest absolute Gasteiger partial charge is 0.478 e. The molecule has 20 heavy (non-hydrogen) atoms. The van der Waals surface area contributed by atoms with Crippen LogP contribution in [0.25, 0.3) is 0 Å². The summed E-state index contributed by atoms with van der Waals surface area (Å²) in [6, 6.07) is 16.9. The van der Waals surface area contributed by atoms with Gasteiger partial charge in [0.25, 0.3) is 0 Å². The summed E-state index contributed by atoms with van der Waals surface area (Å²) in [6.07, 6.45) is 0.405. The topological polar surface area (TPSA) is 61.1 Å². The third kappa shape index (κ3) is 3.04. The third-order valence-corrected chi connectivity index (χ3v) is 3.31. The van der Waals surface area contributed by atoms with E-state index in [-0.39, 0.29) is 11.5 Å². The van der Waals surface area contributed by atoms with Crippen molar-refractivity contribution in [2.75, 3.05) is 0 Å². The molecule has 0 saturated carbocycles. The van der Waals surface area contributed by atoms with Crippen LogP contribution in [-0.4, -0.2) is 11.1 Å². The van der Waals surface area contributed by atoms with E-state index in [1.165, 1.54) is 0 Å². The zero-order valence-electron chi connectivity index (χ0n) is 11.2. The summed E-state index contributed by atoms with van der Waals surface area (Å²) in [5.41, 5.74) is 3.00. The van der Waals surface area contributed by atoms with Crippen LogP contribution in [0.1, 0.15) is 33.0 Å². The summed E-state index contributed by atoms with van der Waals surface area (Å²) >= 11 is 0. The van der Waals surface area contributed by atoms with Crippen molar-refractivity contribution in [1.29, 1.82) is 5.26 Å². The van der Waals surface area contributed by atoms with Crippen LogP contribution in [0, 0.1) is 18.3 Å².